The monoisotopic (exact) mass is 324 g/mol. The molecule has 124 valence electrons. The zero-order valence-electron chi connectivity index (χ0n) is 12.5. The molecule has 23 heavy (non-hydrogen) atoms. The molecule has 0 unspecified atom stereocenters. The topological polar surface area (TPSA) is 81.4 Å². The van der Waals surface area contributed by atoms with Gasteiger partial charge in [-0.15, -0.1) is 0 Å². The lowest BCUT2D eigenvalue weighted by atomic mass is 9.61. The molecule has 0 atom stereocenters. The summed E-state index contributed by atoms with van der Waals surface area (Å²) in [5, 5.41) is 2.75. The molecule has 5 nitrogen and oxygen atoms in total. The van der Waals surface area contributed by atoms with Gasteiger partial charge < -0.3 is 15.8 Å². The van der Waals surface area contributed by atoms with Crippen molar-refractivity contribution in [1.82, 2.24) is 5.32 Å². The average Bonchev–Trinajstić information content (AvgIpc) is 2.50. The lowest BCUT2D eigenvalue weighted by Crippen LogP contribution is -2.67. The summed E-state index contributed by atoms with van der Waals surface area (Å²) in [5.41, 5.74) is 4.84. The third-order valence-electron chi connectivity index (χ3n) is 4.79. The Morgan fingerprint density at radius 1 is 1.22 bits per heavy atom. The molecule has 1 amide bonds. The molecule has 0 heterocycles. The van der Waals surface area contributed by atoms with Crippen molar-refractivity contribution in [3.63, 3.8) is 0 Å². The maximum absolute atomic E-state index is 13.1. The number of ether oxygens (including phenoxy) is 1. The lowest BCUT2D eigenvalue weighted by Gasteiger charge is -2.50. The standard InChI is InChI=1S/C16H18F2N2O3/c17-11-2-1-10(7-12(11)18)23-9-14(22)20-16-5-3-15(19,4-6-16)8-13(16)21/h1-2,7H,3-6,8-9,19H2,(H,20,22). The average molecular weight is 324 g/mol. The summed E-state index contributed by atoms with van der Waals surface area (Å²) >= 11 is 0. The predicted molar refractivity (Wildman–Crippen MR) is 77.7 cm³/mol. The number of halogens is 2. The second-order valence-corrected chi connectivity index (χ2v) is 6.46. The molecule has 0 aromatic heterocycles. The quantitative estimate of drug-likeness (QED) is 0.878. The minimum Gasteiger partial charge on any atom is -0.484 e. The fourth-order valence-corrected chi connectivity index (χ4v) is 3.33. The van der Waals surface area contributed by atoms with Gasteiger partial charge in [0.15, 0.2) is 24.0 Å². The number of Topliss-reactive ketones (excluding diaryl/α,β-unsaturated/α-hetero) is 1. The first-order chi connectivity index (χ1) is 10.8. The van der Waals surface area contributed by atoms with Crippen molar-refractivity contribution in [1.29, 1.82) is 0 Å². The molecule has 3 saturated carbocycles. The van der Waals surface area contributed by atoms with Crippen LogP contribution >= 0.6 is 0 Å². The number of carbonyl (C=O) groups excluding carboxylic acids is 2. The second-order valence-electron chi connectivity index (χ2n) is 6.46. The van der Waals surface area contributed by atoms with E-state index in [1.807, 2.05) is 0 Å². The van der Waals surface area contributed by atoms with E-state index in [0.29, 0.717) is 25.7 Å². The number of ketones is 1. The highest BCUT2D eigenvalue weighted by atomic mass is 19.2. The Hall–Kier alpha value is -2.02. The molecule has 3 N–H and O–H groups in total. The second kappa shape index (κ2) is 5.56. The molecule has 3 fully saturated rings. The van der Waals surface area contributed by atoms with Crippen molar-refractivity contribution >= 4 is 11.7 Å². The van der Waals surface area contributed by atoms with Gasteiger partial charge in [-0.25, -0.2) is 8.78 Å². The third-order valence-corrected chi connectivity index (χ3v) is 4.79. The van der Waals surface area contributed by atoms with Gasteiger partial charge >= 0.3 is 0 Å². The van der Waals surface area contributed by atoms with Crippen LogP contribution in [-0.4, -0.2) is 29.4 Å². The Bertz CT molecular complexity index is 655. The van der Waals surface area contributed by atoms with Crippen LogP contribution in [0, 0.1) is 11.6 Å². The Morgan fingerprint density at radius 2 is 1.91 bits per heavy atom. The van der Waals surface area contributed by atoms with E-state index in [4.69, 9.17) is 10.5 Å². The van der Waals surface area contributed by atoms with Crippen LogP contribution in [0.15, 0.2) is 18.2 Å². The van der Waals surface area contributed by atoms with E-state index in [0.717, 1.165) is 12.1 Å². The van der Waals surface area contributed by atoms with E-state index < -0.39 is 28.6 Å². The van der Waals surface area contributed by atoms with Crippen LogP contribution in [0.2, 0.25) is 0 Å². The first-order valence-corrected chi connectivity index (χ1v) is 7.53. The first kappa shape index (κ1) is 15.9. The molecule has 1 aromatic carbocycles. The maximum atomic E-state index is 13.1. The fourth-order valence-electron chi connectivity index (χ4n) is 3.33. The van der Waals surface area contributed by atoms with Crippen LogP contribution in [0.4, 0.5) is 8.78 Å². The highest BCUT2D eigenvalue weighted by Crippen LogP contribution is 2.43. The minimum absolute atomic E-state index is 0.0429. The Balaban J connectivity index is 1.59. The summed E-state index contributed by atoms with van der Waals surface area (Å²) < 4.78 is 31.0. The molecule has 2 bridgehead atoms. The summed E-state index contributed by atoms with van der Waals surface area (Å²) in [6.07, 6.45) is 2.72. The van der Waals surface area contributed by atoms with E-state index in [1.165, 1.54) is 6.07 Å². The molecule has 0 radical (unpaired) electrons. The number of nitrogens with two attached hydrogens (primary N) is 1. The summed E-state index contributed by atoms with van der Waals surface area (Å²) in [6.45, 7) is -0.367. The van der Waals surface area contributed by atoms with Crippen LogP contribution in [0.25, 0.3) is 0 Å². The van der Waals surface area contributed by atoms with Gasteiger partial charge in [-0.1, -0.05) is 0 Å². The smallest absolute Gasteiger partial charge is 0.258 e. The Morgan fingerprint density at radius 3 is 2.52 bits per heavy atom. The normalized spacial score (nSPS) is 29.4. The molecule has 4 rings (SSSR count). The summed E-state index contributed by atoms with van der Waals surface area (Å²) in [4.78, 5) is 24.3. The predicted octanol–water partition coefficient (Wildman–Crippen LogP) is 1.44. The molecular formula is C16H18F2N2O3. The SMILES string of the molecule is NC12CCC(NC(=O)COc3ccc(F)c(F)c3)(CC1)C(=O)C2. The van der Waals surface area contributed by atoms with Gasteiger partial charge in [0, 0.05) is 18.0 Å². The Labute approximate surface area is 132 Å². The molecule has 1 aromatic rings. The van der Waals surface area contributed by atoms with Crippen LogP contribution in [-0.2, 0) is 9.59 Å². The van der Waals surface area contributed by atoms with E-state index in [1.54, 1.807) is 0 Å². The number of carbonyl (C=O) groups is 2. The van der Waals surface area contributed by atoms with Crippen molar-refractivity contribution in [2.75, 3.05) is 6.61 Å². The van der Waals surface area contributed by atoms with Gasteiger partial charge in [-0.2, -0.15) is 0 Å². The van der Waals surface area contributed by atoms with Gasteiger partial charge in [0.2, 0.25) is 0 Å². The van der Waals surface area contributed by atoms with Crippen molar-refractivity contribution in [2.45, 2.75) is 43.2 Å². The molecule has 0 aliphatic heterocycles. The Kier molecular flexibility index (Phi) is 3.83. The van der Waals surface area contributed by atoms with Crippen LogP contribution in [0.3, 0.4) is 0 Å². The zero-order chi connectivity index (χ0) is 16.7. The summed E-state index contributed by atoms with van der Waals surface area (Å²) in [5.74, 6) is -2.49. The number of nitrogens with one attached hydrogen (secondary N) is 1. The number of benzene rings is 1. The van der Waals surface area contributed by atoms with Gasteiger partial charge in [0.05, 0.1) is 5.54 Å². The van der Waals surface area contributed by atoms with Crippen molar-refractivity contribution in [2.24, 2.45) is 5.73 Å². The van der Waals surface area contributed by atoms with Crippen molar-refractivity contribution in [3.8, 4) is 5.75 Å². The zero-order valence-corrected chi connectivity index (χ0v) is 12.5. The number of hydrogen-bond donors (Lipinski definition) is 2. The molecule has 0 saturated heterocycles. The highest BCUT2D eigenvalue weighted by molar-refractivity contribution is 5.95. The van der Waals surface area contributed by atoms with Crippen LogP contribution in [0.5, 0.6) is 5.75 Å². The fraction of sp³-hybridized carbons (Fsp3) is 0.500. The van der Waals surface area contributed by atoms with Gasteiger partial charge in [0.1, 0.15) is 5.75 Å². The number of amides is 1. The number of hydrogen-bond acceptors (Lipinski definition) is 4. The summed E-state index contributed by atoms with van der Waals surface area (Å²) in [6, 6.07) is 3.03. The molecule has 0 spiro atoms. The van der Waals surface area contributed by atoms with Crippen LogP contribution < -0.4 is 15.8 Å². The van der Waals surface area contributed by atoms with Crippen LogP contribution in [0.1, 0.15) is 32.1 Å². The van der Waals surface area contributed by atoms with Gasteiger partial charge in [-0.3, -0.25) is 9.59 Å². The lowest BCUT2D eigenvalue weighted by molar-refractivity contribution is -0.140. The number of fused-ring (bicyclic) bond motifs is 3. The third kappa shape index (κ3) is 3.06. The van der Waals surface area contributed by atoms with E-state index >= 15 is 0 Å². The molecule has 3 aliphatic rings. The molecule has 7 heteroatoms. The van der Waals surface area contributed by atoms with E-state index in [9.17, 15) is 18.4 Å². The molecule has 3 aliphatic carbocycles. The summed E-state index contributed by atoms with van der Waals surface area (Å²) in [7, 11) is 0. The van der Waals surface area contributed by atoms with Gasteiger partial charge in [-0.05, 0) is 37.8 Å². The van der Waals surface area contributed by atoms with Crippen molar-refractivity contribution in [3.05, 3.63) is 29.8 Å². The minimum atomic E-state index is -1.05. The van der Waals surface area contributed by atoms with Crippen molar-refractivity contribution < 1.29 is 23.1 Å². The maximum Gasteiger partial charge on any atom is 0.258 e. The van der Waals surface area contributed by atoms with E-state index in [-0.39, 0.29) is 24.6 Å². The highest BCUT2D eigenvalue weighted by Gasteiger charge is 2.53. The molecular weight excluding hydrogens is 306 g/mol. The number of rotatable bonds is 4. The van der Waals surface area contributed by atoms with E-state index in [2.05, 4.69) is 5.32 Å². The largest absolute Gasteiger partial charge is 0.484 e. The first-order valence-electron chi connectivity index (χ1n) is 7.53. The van der Waals surface area contributed by atoms with Gasteiger partial charge in [0.25, 0.3) is 5.91 Å².